The average molecular weight is 425 g/mol. The number of aromatic nitrogens is 5. The van der Waals surface area contributed by atoms with Crippen molar-refractivity contribution in [1.82, 2.24) is 29.6 Å². The van der Waals surface area contributed by atoms with Crippen molar-refractivity contribution in [1.29, 1.82) is 5.26 Å². The van der Waals surface area contributed by atoms with E-state index in [4.69, 9.17) is 0 Å². The van der Waals surface area contributed by atoms with E-state index >= 15 is 0 Å². The first-order valence-corrected chi connectivity index (χ1v) is 10.7. The van der Waals surface area contributed by atoms with Crippen LogP contribution in [0.4, 0.5) is 0 Å². The molecule has 4 aromatic rings. The summed E-state index contributed by atoms with van der Waals surface area (Å²) in [7, 11) is 0. The molecule has 8 heteroatoms. The molecule has 0 radical (unpaired) electrons. The van der Waals surface area contributed by atoms with Crippen LogP contribution in [-0.4, -0.2) is 48.6 Å². The van der Waals surface area contributed by atoms with Gasteiger partial charge in [0.1, 0.15) is 12.0 Å². The Morgan fingerprint density at radius 1 is 1.16 bits per heavy atom. The van der Waals surface area contributed by atoms with E-state index in [1.54, 1.807) is 6.20 Å². The molecule has 0 atom stereocenters. The Bertz CT molecular complexity index is 1280. The maximum Gasteiger partial charge on any atom is 0.226 e. The van der Waals surface area contributed by atoms with Gasteiger partial charge in [0.25, 0.3) is 0 Å². The van der Waals surface area contributed by atoms with E-state index < -0.39 is 5.54 Å². The zero-order valence-corrected chi connectivity index (χ0v) is 17.6. The molecule has 32 heavy (non-hydrogen) atoms. The monoisotopic (exact) mass is 425 g/mol. The zero-order chi connectivity index (χ0) is 22.0. The lowest BCUT2D eigenvalue weighted by Gasteiger charge is -2.40. The molecule has 3 aromatic heterocycles. The number of fused-ring (bicyclic) bond motifs is 1. The van der Waals surface area contributed by atoms with Gasteiger partial charge < -0.3 is 9.88 Å². The summed E-state index contributed by atoms with van der Waals surface area (Å²) in [4.78, 5) is 26.5. The molecule has 1 fully saturated rings. The first-order valence-electron chi connectivity index (χ1n) is 10.7. The van der Waals surface area contributed by atoms with Crippen LogP contribution >= 0.6 is 0 Å². The van der Waals surface area contributed by atoms with Gasteiger partial charge in [-0.3, -0.25) is 9.48 Å². The quantitative estimate of drug-likeness (QED) is 0.528. The van der Waals surface area contributed by atoms with Gasteiger partial charge in [0.2, 0.25) is 5.91 Å². The number of nitrogens with one attached hydrogen (secondary N) is 1. The van der Waals surface area contributed by atoms with Gasteiger partial charge in [-0.2, -0.15) is 10.4 Å². The minimum atomic E-state index is -0.430. The Morgan fingerprint density at radius 2 is 1.97 bits per heavy atom. The van der Waals surface area contributed by atoms with E-state index in [1.165, 1.54) is 6.33 Å². The number of hydrogen-bond donors (Lipinski definition) is 1. The molecule has 4 heterocycles. The fourth-order valence-electron chi connectivity index (χ4n) is 4.50. The molecule has 1 amide bonds. The van der Waals surface area contributed by atoms with Crippen LogP contribution in [0.1, 0.15) is 24.8 Å². The van der Waals surface area contributed by atoms with Crippen molar-refractivity contribution < 1.29 is 4.79 Å². The van der Waals surface area contributed by atoms with Crippen molar-refractivity contribution in [3.63, 3.8) is 0 Å². The van der Waals surface area contributed by atoms with Crippen molar-refractivity contribution in [3.8, 4) is 17.3 Å². The molecule has 0 aliphatic carbocycles. The van der Waals surface area contributed by atoms with Crippen LogP contribution in [0.25, 0.3) is 22.3 Å². The Morgan fingerprint density at radius 3 is 2.75 bits per heavy atom. The SMILES string of the molecule is N#CCC1(n2cc(-c3ncnc4[nH]ccc34)cn2)CCN(C(=O)Cc2ccccc2)CC1. The smallest absolute Gasteiger partial charge is 0.226 e. The van der Waals surface area contributed by atoms with Crippen LogP contribution < -0.4 is 0 Å². The highest BCUT2D eigenvalue weighted by atomic mass is 16.2. The number of hydrogen-bond acceptors (Lipinski definition) is 5. The Balaban J connectivity index is 1.35. The third-order valence-corrected chi connectivity index (χ3v) is 6.35. The molecule has 1 aromatic carbocycles. The van der Waals surface area contributed by atoms with Gasteiger partial charge in [-0.05, 0) is 24.5 Å². The zero-order valence-electron chi connectivity index (χ0n) is 17.6. The minimum Gasteiger partial charge on any atom is -0.346 e. The van der Waals surface area contributed by atoms with E-state index in [2.05, 4.69) is 26.1 Å². The maximum absolute atomic E-state index is 12.8. The summed E-state index contributed by atoms with van der Waals surface area (Å²) < 4.78 is 1.91. The lowest BCUT2D eigenvalue weighted by Crippen LogP contribution is -2.48. The molecule has 8 nitrogen and oxygen atoms in total. The van der Waals surface area contributed by atoms with Crippen LogP contribution in [-0.2, 0) is 16.8 Å². The van der Waals surface area contributed by atoms with E-state index in [1.807, 2.05) is 58.4 Å². The highest BCUT2D eigenvalue weighted by Gasteiger charge is 2.38. The second-order valence-corrected chi connectivity index (χ2v) is 8.24. The normalized spacial score (nSPS) is 15.5. The van der Waals surface area contributed by atoms with Gasteiger partial charge in [-0.1, -0.05) is 30.3 Å². The van der Waals surface area contributed by atoms with Crippen LogP contribution in [0.3, 0.4) is 0 Å². The second-order valence-electron chi connectivity index (χ2n) is 8.24. The number of piperidine rings is 1. The summed E-state index contributed by atoms with van der Waals surface area (Å²) in [5.74, 6) is 0.124. The Labute approximate surface area is 185 Å². The van der Waals surface area contributed by atoms with Crippen LogP contribution in [0.2, 0.25) is 0 Å². The van der Waals surface area contributed by atoms with E-state index in [0.717, 1.165) is 27.9 Å². The molecule has 1 aliphatic heterocycles. The molecule has 0 bridgehead atoms. The molecule has 0 saturated carbocycles. The number of nitrogens with zero attached hydrogens (tertiary/aromatic N) is 6. The third-order valence-electron chi connectivity index (χ3n) is 6.35. The molecule has 5 rings (SSSR count). The molecule has 0 unspecified atom stereocenters. The first kappa shape index (κ1) is 19.9. The van der Waals surface area contributed by atoms with Crippen molar-refractivity contribution in [2.75, 3.05) is 13.1 Å². The molecule has 1 N–H and O–H groups in total. The molecule has 0 spiro atoms. The molecule has 160 valence electrons. The fourth-order valence-corrected chi connectivity index (χ4v) is 4.50. The highest BCUT2D eigenvalue weighted by Crippen LogP contribution is 2.35. The summed E-state index contributed by atoms with van der Waals surface area (Å²) in [6.07, 6.45) is 9.25. The second kappa shape index (κ2) is 8.27. The van der Waals surface area contributed by atoms with Gasteiger partial charge in [-0.25, -0.2) is 9.97 Å². The van der Waals surface area contributed by atoms with Crippen LogP contribution in [0.5, 0.6) is 0 Å². The van der Waals surface area contributed by atoms with Gasteiger partial charge in [-0.15, -0.1) is 0 Å². The number of rotatable bonds is 5. The van der Waals surface area contributed by atoms with Crippen molar-refractivity contribution >= 4 is 16.9 Å². The number of aromatic amines is 1. The standard InChI is InChI=1S/C24H23N7O/c25-10-7-24(8-12-30(13-9-24)21(32)14-18-4-2-1-3-5-18)31-16-19(15-29-31)22-20-6-11-26-23(20)28-17-27-22/h1-6,11,15-17H,7-9,12-14H2,(H,26,27,28). The third kappa shape index (κ3) is 3.62. The number of H-pyrrole nitrogens is 1. The summed E-state index contributed by atoms with van der Waals surface area (Å²) in [6, 6.07) is 14.1. The molecular formula is C24H23N7O. The Hall–Kier alpha value is -3.99. The van der Waals surface area contributed by atoms with E-state index in [-0.39, 0.29) is 5.91 Å². The lowest BCUT2D eigenvalue weighted by atomic mass is 9.84. The molecule has 1 saturated heterocycles. The highest BCUT2D eigenvalue weighted by molar-refractivity contribution is 5.90. The number of nitriles is 1. The predicted octanol–water partition coefficient (Wildman–Crippen LogP) is 3.30. The molecule has 1 aliphatic rings. The first-order chi connectivity index (χ1) is 15.7. The number of carbonyl (C=O) groups excluding carboxylic acids is 1. The lowest BCUT2D eigenvalue weighted by molar-refractivity contribution is -0.132. The fraction of sp³-hybridized carbons (Fsp3) is 0.292. The summed E-state index contributed by atoms with van der Waals surface area (Å²) in [5, 5.41) is 15.1. The Kier molecular flexibility index (Phi) is 5.15. The van der Waals surface area contributed by atoms with Gasteiger partial charge in [0.15, 0.2) is 0 Å². The van der Waals surface area contributed by atoms with Crippen molar-refractivity contribution in [2.45, 2.75) is 31.2 Å². The van der Waals surface area contributed by atoms with E-state index in [0.29, 0.717) is 38.8 Å². The summed E-state index contributed by atoms with van der Waals surface area (Å²) >= 11 is 0. The van der Waals surface area contributed by atoms with E-state index in [9.17, 15) is 10.1 Å². The number of benzene rings is 1. The van der Waals surface area contributed by atoms with Crippen LogP contribution in [0, 0.1) is 11.3 Å². The average Bonchev–Trinajstić information content (AvgIpc) is 3.50. The topological polar surface area (TPSA) is 103 Å². The van der Waals surface area contributed by atoms with Crippen molar-refractivity contribution in [2.24, 2.45) is 0 Å². The van der Waals surface area contributed by atoms with Gasteiger partial charge in [0, 0.05) is 36.4 Å². The molecular weight excluding hydrogens is 402 g/mol. The summed E-state index contributed by atoms with van der Waals surface area (Å²) in [5.41, 5.74) is 3.06. The predicted molar refractivity (Wildman–Crippen MR) is 119 cm³/mol. The number of likely N-dealkylation sites (tertiary alicyclic amines) is 1. The van der Waals surface area contributed by atoms with Crippen LogP contribution in [0.15, 0.2) is 61.3 Å². The van der Waals surface area contributed by atoms with Crippen molar-refractivity contribution in [3.05, 3.63) is 66.9 Å². The number of amides is 1. The van der Waals surface area contributed by atoms with Gasteiger partial charge in [0.05, 0.1) is 36.3 Å². The van der Waals surface area contributed by atoms with Gasteiger partial charge >= 0.3 is 0 Å². The number of carbonyl (C=O) groups is 1. The maximum atomic E-state index is 12.8. The summed E-state index contributed by atoms with van der Waals surface area (Å²) in [6.45, 7) is 1.22. The minimum absolute atomic E-state index is 0.124. The largest absolute Gasteiger partial charge is 0.346 e.